The van der Waals surface area contributed by atoms with E-state index in [9.17, 15) is 0 Å². The highest BCUT2D eigenvalue weighted by molar-refractivity contribution is 6.31. The summed E-state index contributed by atoms with van der Waals surface area (Å²) in [6.07, 6.45) is 0. The smallest absolute Gasteiger partial charge is 0.183 e. The summed E-state index contributed by atoms with van der Waals surface area (Å²) in [5, 5.41) is 8.65. The monoisotopic (exact) mass is 202 g/mol. The minimum atomic E-state index is 0.0244. The molecule has 12 heavy (non-hydrogen) atoms. The average molecular weight is 203 g/mol. The van der Waals surface area contributed by atoms with Crippen LogP contribution >= 0.6 is 23.2 Å². The van der Waals surface area contributed by atoms with Gasteiger partial charge in [0.2, 0.25) is 0 Å². The maximum Gasteiger partial charge on any atom is 0.183 e. The summed E-state index contributed by atoms with van der Waals surface area (Å²) in [7, 11) is 0. The number of nitrogens with two attached hydrogens (primary N) is 1. The molecule has 0 atom stereocenters. The molecule has 2 N–H and O–H groups in total. The molecule has 0 fully saturated rings. The second kappa shape index (κ2) is 3.57. The van der Waals surface area contributed by atoms with Gasteiger partial charge in [0, 0.05) is 0 Å². The molecular weight excluding hydrogens is 199 g/mol. The Morgan fingerprint density at radius 3 is 2.67 bits per heavy atom. The molecular formula is C6H4Cl2N4. The summed E-state index contributed by atoms with van der Waals surface area (Å²) in [6.45, 7) is 0. The van der Waals surface area contributed by atoms with Gasteiger partial charge in [0.05, 0.1) is 11.6 Å². The predicted molar refractivity (Wildman–Crippen MR) is 45.7 cm³/mol. The maximum absolute atomic E-state index is 8.51. The van der Waals surface area contributed by atoms with Crippen LogP contribution in [-0.4, -0.2) is 9.97 Å². The van der Waals surface area contributed by atoms with Crippen molar-refractivity contribution in [1.82, 2.24) is 9.97 Å². The standard InChI is InChI=1S/C6H4Cl2N4/c7-1-3-5(8)12-6(10)4(2-9)11-3/h1H2,(H2,10,12). The van der Waals surface area contributed by atoms with Gasteiger partial charge in [-0.3, -0.25) is 0 Å². The zero-order valence-electron chi connectivity index (χ0n) is 5.88. The van der Waals surface area contributed by atoms with Gasteiger partial charge in [0.1, 0.15) is 6.07 Å². The van der Waals surface area contributed by atoms with Crippen molar-refractivity contribution in [2.45, 2.75) is 5.88 Å². The van der Waals surface area contributed by atoms with Crippen LogP contribution in [0.15, 0.2) is 0 Å². The fourth-order valence-electron chi connectivity index (χ4n) is 0.629. The first-order chi connectivity index (χ1) is 5.69. The van der Waals surface area contributed by atoms with E-state index in [0.717, 1.165) is 0 Å². The number of nitrogen functional groups attached to an aromatic ring is 1. The molecule has 0 aromatic carbocycles. The molecule has 1 aromatic heterocycles. The van der Waals surface area contributed by atoms with Crippen LogP contribution in [0.2, 0.25) is 5.15 Å². The van der Waals surface area contributed by atoms with Crippen LogP contribution in [0, 0.1) is 11.3 Å². The van der Waals surface area contributed by atoms with Gasteiger partial charge in [-0.1, -0.05) is 11.6 Å². The molecule has 0 saturated carbocycles. The molecule has 6 heteroatoms. The van der Waals surface area contributed by atoms with Crippen molar-refractivity contribution in [2.24, 2.45) is 0 Å². The number of alkyl halides is 1. The first-order valence-electron chi connectivity index (χ1n) is 2.97. The van der Waals surface area contributed by atoms with E-state index >= 15 is 0 Å². The van der Waals surface area contributed by atoms with Crippen LogP contribution in [0.3, 0.4) is 0 Å². The molecule has 0 aliphatic carbocycles. The van der Waals surface area contributed by atoms with Crippen molar-refractivity contribution < 1.29 is 0 Å². The van der Waals surface area contributed by atoms with Crippen molar-refractivity contribution in [1.29, 1.82) is 5.26 Å². The fourth-order valence-corrected chi connectivity index (χ4v) is 1.08. The third-order valence-corrected chi connectivity index (χ3v) is 1.73. The Labute approximate surface area is 78.9 Å². The molecule has 1 heterocycles. The molecule has 62 valence electrons. The first-order valence-corrected chi connectivity index (χ1v) is 3.88. The molecule has 0 unspecified atom stereocenters. The molecule has 0 saturated heterocycles. The van der Waals surface area contributed by atoms with Crippen molar-refractivity contribution in [3.63, 3.8) is 0 Å². The molecule has 0 amide bonds. The summed E-state index contributed by atoms with van der Waals surface area (Å²) >= 11 is 11.1. The lowest BCUT2D eigenvalue weighted by atomic mass is 10.4. The molecule has 0 radical (unpaired) electrons. The number of aromatic nitrogens is 2. The zero-order valence-corrected chi connectivity index (χ0v) is 7.39. The van der Waals surface area contributed by atoms with E-state index in [1.807, 2.05) is 0 Å². The minimum Gasteiger partial charge on any atom is -0.381 e. The van der Waals surface area contributed by atoms with Gasteiger partial charge in [-0.2, -0.15) is 5.26 Å². The normalized spacial score (nSPS) is 9.42. The number of nitriles is 1. The Morgan fingerprint density at radius 1 is 1.50 bits per heavy atom. The van der Waals surface area contributed by atoms with Crippen LogP contribution in [0.5, 0.6) is 0 Å². The zero-order chi connectivity index (χ0) is 9.14. The number of hydrogen-bond acceptors (Lipinski definition) is 4. The van der Waals surface area contributed by atoms with Crippen LogP contribution < -0.4 is 5.73 Å². The molecule has 0 aliphatic heterocycles. The van der Waals surface area contributed by atoms with Gasteiger partial charge in [-0.15, -0.1) is 11.6 Å². The highest BCUT2D eigenvalue weighted by Gasteiger charge is 2.08. The van der Waals surface area contributed by atoms with Crippen molar-refractivity contribution >= 4 is 29.0 Å². The number of anilines is 1. The summed E-state index contributed by atoms with van der Waals surface area (Å²) in [6, 6.07) is 1.78. The Balaban J connectivity index is 3.30. The van der Waals surface area contributed by atoms with Crippen LogP contribution in [-0.2, 0) is 5.88 Å². The molecule has 4 nitrogen and oxygen atoms in total. The van der Waals surface area contributed by atoms with E-state index in [1.165, 1.54) is 0 Å². The molecule has 1 aromatic rings. The first kappa shape index (κ1) is 9.04. The van der Waals surface area contributed by atoms with E-state index < -0.39 is 0 Å². The quantitative estimate of drug-likeness (QED) is 0.698. The lowest BCUT2D eigenvalue weighted by molar-refractivity contribution is 1.08. The van der Waals surface area contributed by atoms with Gasteiger partial charge >= 0.3 is 0 Å². The fraction of sp³-hybridized carbons (Fsp3) is 0.167. The summed E-state index contributed by atoms with van der Waals surface area (Å²) in [5.74, 6) is 0.136. The molecule has 1 rings (SSSR count). The Morgan fingerprint density at radius 2 is 2.17 bits per heavy atom. The van der Waals surface area contributed by atoms with Gasteiger partial charge in [-0.05, 0) is 0 Å². The number of hydrogen-bond donors (Lipinski definition) is 1. The number of halogens is 2. The summed E-state index contributed by atoms with van der Waals surface area (Å²) < 4.78 is 0. The topological polar surface area (TPSA) is 75.6 Å². The van der Waals surface area contributed by atoms with Gasteiger partial charge in [0.15, 0.2) is 16.7 Å². The molecule has 0 aliphatic rings. The van der Waals surface area contributed by atoms with E-state index in [0.29, 0.717) is 5.69 Å². The minimum absolute atomic E-state index is 0.0244. The van der Waals surface area contributed by atoms with Crippen molar-refractivity contribution in [2.75, 3.05) is 5.73 Å². The third kappa shape index (κ3) is 1.58. The Hall–Kier alpha value is -1.05. The van der Waals surface area contributed by atoms with Crippen molar-refractivity contribution in [3.05, 3.63) is 16.5 Å². The van der Waals surface area contributed by atoms with E-state index in [-0.39, 0.29) is 22.5 Å². The van der Waals surface area contributed by atoms with E-state index in [1.54, 1.807) is 6.07 Å². The highest BCUT2D eigenvalue weighted by Crippen LogP contribution is 2.16. The van der Waals surface area contributed by atoms with E-state index in [2.05, 4.69) is 9.97 Å². The average Bonchev–Trinajstić information content (AvgIpc) is 2.05. The summed E-state index contributed by atoms with van der Waals surface area (Å²) in [5.41, 5.74) is 5.75. The Bertz CT molecular complexity index is 344. The van der Waals surface area contributed by atoms with Gasteiger partial charge < -0.3 is 5.73 Å². The van der Waals surface area contributed by atoms with Crippen LogP contribution in [0.4, 0.5) is 5.82 Å². The number of rotatable bonds is 1. The van der Waals surface area contributed by atoms with Crippen LogP contribution in [0.1, 0.15) is 11.4 Å². The predicted octanol–water partition coefficient (Wildman–Crippen LogP) is 1.32. The maximum atomic E-state index is 8.51. The lowest BCUT2D eigenvalue weighted by Crippen LogP contribution is -2.01. The Kier molecular flexibility index (Phi) is 2.69. The second-order valence-corrected chi connectivity index (χ2v) is 2.57. The molecule has 0 spiro atoms. The lowest BCUT2D eigenvalue weighted by Gasteiger charge is -2.00. The third-order valence-electron chi connectivity index (χ3n) is 1.18. The number of nitrogens with zero attached hydrogens (tertiary/aromatic N) is 3. The highest BCUT2D eigenvalue weighted by atomic mass is 35.5. The van der Waals surface area contributed by atoms with Crippen LogP contribution in [0.25, 0.3) is 0 Å². The summed E-state index contributed by atoms with van der Waals surface area (Å²) in [4.78, 5) is 7.49. The van der Waals surface area contributed by atoms with Crippen molar-refractivity contribution in [3.8, 4) is 6.07 Å². The SMILES string of the molecule is N#Cc1nc(CCl)c(Cl)nc1N. The molecule has 0 bridgehead atoms. The largest absolute Gasteiger partial charge is 0.381 e. The second-order valence-electron chi connectivity index (χ2n) is 1.94. The van der Waals surface area contributed by atoms with Gasteiger partial charge in [-0.25, -0.2) is 9.97 Å². The van der Waals surface area contributed by atoms with E-state index in [4.69, 9.17) is 34.2 Å². The van der Waals surface area contributed by atoms with Gasteiger partial charge in [0.25, 0.3) is 0 Å².